The molecule has 3 aromatic carbocycles. The first-order valence-corrected chi connectivity index (χ1v) is 12.0. The molecular formula is C23H13Cl6FN2O2. The molecular weight excluding hydrogens is 568 g/mol. The SMILES string of the molecule is O=C(Nc1ccc(F)cc1)c1cc(NC(=O)C2C(c3cc(Cl)c(Cl)cc3Cl)C2(Cl)Cl)ccc1Cl. The maximum absolute atomic E-state index is 13.1. The summed E-state index contributed by atoms with van der Waals surface area (Å²) in [6.07, 6.45) is 0. The van der Waals surface area contributed by atoms with Gasteiger partial charge in [0.1, 0.15) is 10.2 Å². The molecule has 11 heteroatoms. The third kappa shape index (κ3) is 5.11. The van der Waals surface area contributed by atoms with Gasteiger partial charge in [-0.15, -0.1) is 23.2 Å². The van der Waals surface area contributed by atoms with Crippen LogP contribution in [0.1, 0.15) is 21.8 Å². The maximum atomic E-state index is 13.1. The molecule has 0 saturated heterocycles. The van der Waals surface area contributed by atoms with Crippen LogP contribution in [0.15, 0.2) is 54.6 Å². The molecule has 2 unspecified atom stereocenters. The van der Waals surface area contributed by atoms with Crippen LogP contribution in [-0.4, -0.2) is 16.1 Å². The van der Waals surface area contributed by atoms with Crippen molar-refractivity contribution >= 4 is 92.8 Å². The van der Waals surface area contributed by atoms with Gasteiger partial charge in [-0.2, -0.15) is 0 Å². The minimum Gasteiger partial charge on any atom is -0.326 e. The van der Waals surface area contributed by atoms with Gasteiger partial charge in [-0.25, -0.2) is 4.39 Å². The Labute approximate surface area is 224 Å². The third-order valence-electron chi connectivity index (χ3n) is 5.29. The summed E-state index contributed by atoms with van der Waals surface area (Å²) >= 11 is 37.3. The Hall–Kier alpha value is -1.73. The molecule has 1 aliphatic rings. The van der Waals surface area contributed by atoms with Crippen LogP contribution in [-0.2, 0) is 4.79 Å². The molecule has 176 valence electrons. The fourth-order valence-electron chi connectivity index (χ4n) is 3.54. The predicted octanol–water partition coefficient (Wildman–Crippen LogP) is 8.22. The third-order valence-corrected chi connectivity index (χ3v) is 7.61. The molecule has 4 nitrogen and oxygen atoms in total. The van der Waals surface area contributed by atoms with Crippen molar-refractivity contribution < 1.29 is 14.0 Å². The quantitative estimate of drug-likeness (QED) is 0.236. The van der Waals surface area contributed by atoms with Crippen molar-refractivity contribution in [3.63, 3.8) is 0 Å². The second-order valence-electron chi connectivity index (χ2n) is 7.56. The van der Waals surface area contributed by atoms with E-state index in [1.54, 1.807) is 0 Å². The summed E-state index contributed by atoms with van der Waals surface area (Å²) in [5.74, 6) is -2.91. The van der Waals surface area contributed by atoms with Crippen LogP contribution < -0.4 is 10.6 Å². The summed E-state index contributed by atoms with van der Waals surface area (Å²) in [6, 6.07) is 12.6. The van der Waals surface area contributed by atoms with E-state index in [-0.39, 0.29) is 25.7 Å². The van der Waals surface area contributed by atoms with Gasteiger partial charge in [0.05, 0.1) is 26.5 Å². The van der Waals surface area contributed by atoms with Gasteiger partial charge in [0.15, 0.2) is 0 Å². The molecule has 1 saturated carbocycles. The Bertz CT molecular complexity index is 1300. The molecule has 34 heavy (non-hydrogen) atoms. The Morgan fingerprint density at radius 1 is 0.765 bits per heavy atom. The molecule has 0 spiro atoms. The number of carbonyl (C=O) groups is 2. The summed E-state index contributed by atoms with van der Waals surface area (Å²) in [6.45, 7) is 0. The lowest BCUT2D eigenvalue weighted by atomic mass is 10.1. The van der Waals surface area contributed by atoms with Crippen molar-refractivity contribution in [2.24, 2.45) is 5.92 Å². The van der Waals surface area contributed by atoms with E-state index in [4.69, 9.17) is 69.6 Å². The Balaban J connectivity index is 1.52. The van der Waals surface area contributed by atoms with E-state index in [9.17, 15) is 14.0 Å². The van der Waals surface area contributed by atoms with E-state index < -0.39 is 33.8 Å². The van der Waals surface area contributed by atoms with Crippen molar-refractivity contribution in [3.05, 3.63) is 91.6 Å². The zero-order valence-corrected chi connectivity index (χ0v) is 21.3. The minimum absolute atomic E-state index is 0.103. The van der Waals surface area contributed by atoms with Gasteiger partial charge in [0.25, 0.3) is 5.91 Å². The van der Waals surface area contributed by atoms with E-state index in [1.807, 2.05) is 0 Å². The number of hydrogen-bond donors (Lipinski definition) is 2. The molecule has 2 amide bonds. The number of halogens is 7. The van der Waals surface area contributed by atoms with E-state index in [2.05, 4.69) is 10.6 Å². The van der Waals surface area contributed by atoms with E-state index in [0.717, 1.165) is 0 Å². The van der Waals surface area contributed by atoms with Crippen molar-refractivity contribution in [2.75, 3.05) is 10.6 Å². The zero-order chi connectivity index (χ0) is 24.8. The topological polar surface area (TPSA) is 58.2 Å². The van der Waals surface area contributed by atoms with Gasteiger partial charge in [-0.3, -0.25) is 9.59 Å². The number of alkyl halides is 2. The number of anilines is 2. The number of amides is 2. The summed E-state index contributed by atoms with van der Waals surface area (Å²) in [7, 11) is 0. The van der Waals surface area contributed by atoms with Gasteiger partial charge in [0, 0.05) is 22.3 Å². The zero-order valence-electron chi connectivity index (χ0n) is 16.8. The molecule has 0 aliphatic heterocycles. The van der Waals surface area contributed by atoms with Crippen molar-refractivity contribution in [1.82, 2.24) is 0 Å². The summed E-state index contributed by atoms with van der Waals surface area (Å²) in [4.78, 5) is 25.6. The number of hydrogen-bond acceptors (Lipinski definition) is 2. The van der Waals surface area contributed by atoms with E-state index in [1.165, 1.54) is 54.6 Å². The highest BCUT2D eigenvalue weighted by atomic mass is 35.5. The lowest BCUT2D eigenvalue weighted by molar-refractivity contribution is -0.117. The standard InChI is InChI=1S/C23H13Cl6FN2O2/c24-15-6-5-12(7-14(15)21(33)31-11-3-1-10(30)2-4-11)32-22(34)20-19(23(20,28)29)13-8-17(26)18(27)9-16(13)25/h1-9,19-20H,(H,31,33)(H,32,34). The first kappa shape index (κ1) is 25.4. The lowest BCUT2D eigenvalue weighted by Crippen LogP contribution is -2.18. The normalized spacial score (nSPS) is 18.3. The maximum Gasteiger partial charge on any atom is 0.257 e. The van der Waals surface area contributed by atoms with Gasteiger partial charge < -0.3 is 10.6 Å². The van der Waals surface area contributed by atoms with Gasteiger partial charge in [0.2, 0.25) is 5.91 Å². The van der Waals surface area contributed by atoms with E-state index in [0.29, 0.717) is 16.9 Å². The van der Waals surface area contributed by atoms with Crippen LogP contribution in [0.5, 0.6) is 0 Å². The number of benzene rings is 3. The summed E-state index contributed by atoms with van der Waals surface area (Å²) in [5, 5.41) is 6.28. The average Bonchev–Trinajstić information content (AvgIpc) is 3.35. The van der Waals surface area contributed by atoms with Crippen LogP contribution >= 0.6 is 69.6 Å². The molecule has 2 N–H and O–H groups in total. The molecule has 2 atom stereocenters. The highest BCUT2D eigenvalue weighted by Gasteiger charge is 2.68. The van der Waals surface area contributed by atoms with Gasteiger partial charge >= 0.3 is 0 Å². The number of rotatable bonds is 5. The number of carbonyl (C=O) groups excluding carboxylic acids is 2. The van der Waals surface area contributed by atoms with E-state index >= 15 is 0 Å². The minimum atomic E-state index is -1.42. The van der Waals surface area contributed by atoms with Crippen LogP contribution in [0.25, 0.3) is 0 Å². The highest BCUT2D eigenvalue weighted by Crippen LogP contribution is 2.66. The summed E-state index contributed by atoms with van der Waals surface area (Å²) in [5.41, 5.74) is 1.28. The Kier molecular flexibility index (Phi) is 7.26. The lowest BCUT2D eigenvalue weighted by Gasteiger charge is -2.10. The van der Waals surface area contributed by atoms with Crippen molar-refractivity contribution in [2.45, 2.75) is 10.3 Å². The van der Waals surface area contributed by atoms with Crippen LogP contribution in [0.2, 0.25) is 20.1 Å². The van der Waals surface area contributed by atoms with Gasteiger partial charge in [-0.05, 0) is 60.2 Å². The largest absolute Gasteiger partial charge is 0.326 e. The molecule has 0 bridgehead atoms. The van der Waals surface area contributed by atoms with Gasteiger partial charge in [-0.1, -0.05) is 46.4 Å². The Morgan fingerprint density at radius 3 is 2.06 bits per heavy atom. The Morgan fingerprint density at radius 2 is 1.38 bits per heavy atom. The second kappa shape index (κ2) is 9.73. The molecule has 1 fully saturated rings. The molecule has 0 heterocycles. The smallest absolute Gasteiger partial charge is 0.257 e. The molecule has 1 aliphatic carbocycles. The van der Waals surface area contributed by atoms with Crippen molar-refractivity contribution in [1.29, 1.82) is 0 Å². The molecule has 0 radical (unpaired) electrons. The average molecular weight is 581 g/mol. The summed E-state index contributed by atoms with van der Waals surface area (Å²) < 4.78 is 11.7. The molecule has 3 aromatic rings. The van der Waals surface area contributed by atoms with Crippen molar-refractivity contribution in [3.8, 4) is 0 Å². The first-order chi connectivity index (χ1) is 16.0. The van der Waals surface area contributed by atoms with Crippen LogP contribution in [0.3, 0.4) is 0 Å². The highest BCUT2D eigenvalue weighted by molar-refractivity contribution is 6.54. The first-order valence-electron chi connectivity index (χ1n) is 9.68. The van der Waals surface area contributed by atoms with Crippen LogP contribution in [0.4, 0.5) is 15.8 Å². The second-order valence-corrected chi connectivity index (χ2v) is 10.6. The number of nitrogens with one attached hydrogen (secondary N) is 2. The van der Waals surface area contributed by atoms with Crippen LogP contribution in [0, 0.1) is 11.7 Å². The fraction of sp³-hybridized carbons (Fsp3) is 0.130. The molecule has 4 rings (SSSR count). The monoisotopic (exact) mass is 578 g/mol. The fourth-order valence-corrected chi connectivity index (χ4v) is 5.23. The predicted molar refractivity (Wildman–Crippen MR) is 137 cm³/mol. The molecule has 0 aromatic heterocycles.